The van der Waals surface area contributed by atoms with E-state index in [1.54, 1.807) is 24.3 Å². The Morgan fingerprint density at radius 2 is 1.90 bits per heavy atom. The summed E-state index contributed by atoms with van der Waals surface area (Å²) >= 11 is 0. The van der Waals surface area contributed by atoms with Gasteiger partial charge in [0.1, 0.15) is 17.6 Å². The molecule has 0 bridgehead atoms. The molecule has 5 nitrogen and oxygen atoms in total. The highest BCUT2D eigenvalue weighted by Crippen LogP contribution is 2.14. The van der Waals surface area contributed by atoms with Crippen molar-refractivity contribution in [2.24, 2.45) is 0 Å². The lowest BCUT2D eigenvalue weighted by molar-refractivity contribution is -0.139. The van der Waals surface area contributed by atoms with Crippen LogP contribution in [0.3, 0.4) is 0 Å². The highest BCUT2D eigenvalue weighted by atomic mass is 32.2. The molecule has 1 aromatic rings. The summed E-state index contributed by atoms with van der Waals surface area (Å²) in [6, 6.07) is 7.86. The Hall–Kier alpha value is -1.95. The molecule has 0 amide bonds. The van der Waals surface area contributed by atoms with Crippen molar-refractivity contribution < 1.29 is 22.7 Å². The molecule has 0 saturated heterocycles. The van der Waals surface area contributed by atoms with Gasteiger partial charge in [-0.15, -0.1) is 0 Å². The van der Waals surface area contributed by atoms with Gasteiger partial charge in [-0.05, 0) is 24.6 Å². The van der Waals surface area contributed by atoms with Crippen molar-refractivity contribution in [1.82, 2.24) is 0 Å². The molecular weight excluding hydrogens is 280 g/mol. The summed E-state index contributed by atoms with van der Waals surface area (Å²) in [5.74, 6) is -1.34. The largest absolute Gasteiger partial charge is 0.455 e. The standard InChI is InChI=1S/C14H14O5S/c15-11(6-7-12-8-9-14(16)19-12)10-20(17,18)13-4-2-1-3-5-13/h1-5,8-9,12H,6-7,10H2/t12-/m0/s1. The number of hydrogen-bond acceptors (Lipinski definition) is 5. The van der Waals surface area contributed by atoms with Crippen LogP contribution in [0.4, 0.5) is 0 Å². The van der Waals surface area contributed by atoms with Crippen LogP contribution in [0.1, 0.15) is 12.8 Å². The highest BCUT2D eigenvalue weighted by Gasteiger charge is 2.21. The topological polar surface area (TPSA) is 77.5 Å². The van der Waals surface area contributed by atoms with Gasteiger partial charge in [0, 0.05) is 12.5 Å². The third kappa shape index (κ3) is 3.77. The second kappa shape index (κ2) is 6.00. The molecule has 1 aromatic carbocycles. The van der Waals surface area contributed by atoms with Crippen molar-refractivity contribution in [3.63, 3.8) is 0 Å². The van der Waals surface area contributed by atoms with Crippen molar-refractivity contribution in [3.05, 3.63) is 42.5 Å². The maximum atomic E-state index is 12.0. The summed E-state index contributed by atoms with van der Waals surface area (Å²) in [7, 11) is -3.59. The number of benzene rings is 1. The predicted octanol–water partition coefficient (Wildman–Crippen LogP) is 1.29. The Balaban J connectivity index is 1.88. The van der Waals surface area contributed by atoms with Crippen LogP contribution in [-0.4, -0.2) is 32.0 Å². The summed E-state index contributed by atoms with van der Waals surface area (Å²) in [6.45, 7) is 0. The second-order valence-corrected chi connectivity index (χ2v) is 6.47. The normalized spacial score (nSPS) is 18.0. The minimum Gasteiger partial charge on any atom is -0.455 e. The fourth-order valence-corrected chi connectivity index (χ4v) is 3.17. The zero-order chi connectivity index (χ0) is 14.6. The van der Waals surface area contributed by atoms with Crippen LogP contribution >= 0.6 is 0 Å². The van der Waals surface area contributed by atoms with Crippen molar-refractivity contribution in [2.75, 3.05) is 5.75 Å². The summed E-state index contributed by atoms with van der Waals surface area (Å²) in [5.41, 5.74) is 0. The first-order valence-electron chi connectivity index (χ1n) is 6.16. The first-order chi connectivity index (χ1) is 9.47. The number of cyclic esters (lactones) is 1. The van der Waals surface area contributed by atoms with E-state index in [0.717, 1.165) is 0 Å². The van der Waals surface area contributed by atoms with E-state index >= 15 is 0 Å². The van der Waals surface area contributed by atoms with Crippen LogP contribution in [0.5, 0.6) is 0 Å². The third-order valence-electron chi connectivity index (χ3n) is 2.88. The molecule has 0 spiro atoms. The number of Topliss-reactive ketones (excluding diaryl/α,β-unsaturated/α-hetero) is 1. The minimum atomic E-state index is -3.59. The molecule has 0 fully saturated rings. The lowest BCUT2D eigenvalue weighted by Gasteiger charge is -2.08. The van der Waals surface area contributed by atoms with Crippen molar-refractivity contribution in [3.8, 4) is 0 Å². The number of carbonyl (C=O) groups is 2. The van der Waals surface area contributed by atoms with Crippen LogP contribution < -0.4 is 0 Å². The Morgan fingerprint density at radius 1 is 1.20 bits per heavy atom. The van der Waals surface area contributed by atoms with Crippen LogP contribution in [0.2, 0.25) is 0 Å². The number of ketones is 1. The van der Waals surface area contributed by atoms with Crippen molar-refractivity contribution in [2.45, 2.75) is 23.8 Å². The monoisotopic (exact) mass is 294 g/mol. The molecule has 20 heavy (non-hydrogen) atoms. The first-order valence-corrected chi connectivity index (χ1v) is 7.81. The molecule has 106 valence electrons. The molecule has 2 rings (SSSR count). The summed E-state index contributed by atoms with van der Waals surface area (Å²) < 4.78 is 28.8. The molecule has 1 aliphatic rings. The summed E-state index contributed by atoms with van der Waals surface area (Å²) in [6.07, 6.45) is 2.82. The Bertz CT molecular complexity index is 631. The molecule has 1 aliphatic heterocycles. The van der Waals surface area contributed by atoms with Gasteiger partial charge in [-0.1, -0.05) is 18.2 Å². The molecule has 0 aromatic heterocycles. The third-order valence-corrected chi connectivity index (χ3v) is 4.57. The SMILES string of the molecule is O=C(CC[C@H]1C=CC(=O)O1)CS(=O)(=O)c1ccccc1. The van der Waals surface area contributed by atoms with Gasteiger partial charge in [0.05, 0.1) is 4.90 Å². The molecule has 0 N–H and O–H groups in total. The first kappa shape index (κ1) is 14.5. The molecule has 0 radical (unpaired) electrons. The van der Waals surface area contributed by atoms with E-state index in [1.165, 1.54) is 18.2 Å². The zero-order valence-electron chi connectivity index (χ0n) is 10.7. The van der Waals surface area contributed by atoms with Crippen LogP contribution in [0, 0.1) is 0 Å². The molecule has 6 heteroatoms. The molecule has 0 saturated carbocycles. The van der Waals surface area contributed by atoms with Crippen LogP contribution in [0.25, 0.3) is 0 Å². The number of esters is 1. The zero-order valence-corrected chi connectivity index (χ0v) is 11.5. The van der Waals surface area contributed by atoms with E-state index in [2.05, 4.69) is 0 Å². The fourth-order valence-electron chi connectivity index (χ4n) is 1.87. The number of rotatable bonds is 6. The Kier molecular flexibility index (Phi) is 4.34. The highest BCUT2D eigenvalue weighted by molar-refractivity contribution is 7.92. The van der Waals surface area contributed by atoms with E-state index in [4.69, 9.17) is 4.74 Å². The van der Waals surface area contributed by atoms with Gasteiger partial charge >= 0.3 is 5.97 Å². The lowest BCUT2D eigenvalue weighted by atomic mass is 10.1. The number of ether oxygens (including phenoxy) is 1. The second-order valence-electron chi connectivity index (χ2n) is 4.48. The average Bonchev–Trinajstić information content (AvgIpc) is 2.83. The minimum absolute atomic E-state index is 0.0638. The van der Waals surface area contributed by atoms with Gasteiger partial charge in [0.25, 0.3) is 0 Å². The lowest BCUT2D eigenvalue weighted by Crippen LogP contribution is -2.18. The smallest absolute Gasteiger partial charge is 0.331 e. The molecule has 1 heterocycles. The Morgan fingerprint density at radius 3 is 2.50 bits per heavy atom. The fraction of sp³-hybridized carbons (Fsp3) is 0.286. The Labute approximate surface area is 117 Å². The summed E-state index contributed by atoms with van der Waals surface area (Å²) in [5, 5.41) is 0. The van der Waals surface area contributed by atoms with Gasteiger partial charge in [0.15, 0.2) is 9.84 Å². The van der Waals surface area contributed by atoms with E-state index in [9.17, 15) is 18.0 Å². The molecule has 1 atom stereocenters. The quantitative estimate of drug-likeness (QED) is 0.739. The number of hydrogen-bond donors (Lipinski definition) is 0. The summed E-state index contributed by atoms with van der Waals surface area (Å²) in [4.78, 5) is 22.7. The van der Waals surface area contributed by atoms with Gasteiger partial charge in [-0.2, -0.15) is 0 Å². The van der Waals surface area contributed by atoms with Gasteiger partial charge in [0.2, 0.25) is 0 Å². The van der Waals surface area contributed by atoms with Crippen LogP contribution in [0.15, 0.2) is 47.4 Å². The maximum Gasteiger partial charge on any atom is 0.331 e. The molecule has 0 unspecified atom stereocenters. The van der Waals surface area contributed by atoms with Gasteiger partial charge in [-0.25, -0.2) is 13.2 Å². The van der Waals surface area contributed by atoms with E-state index in [0.29, 0.717) is 6.42 Å². The number of carbonyl (C=O) groups excluding carboxylic acids is 2. The van der Waals surface area contributed by atoms with E-state index in [-0.39, 0.29) is 17.1 Å². The van der Waals surface area contributed by atoms with Gasteiger partial charge in [-0.3, -0.25) is 4.79 Å². The van der Waals surface area contributed by atoms with Gasteiger partial charge < -0.3 is 4.74 Å². The van der Waals surface area contributed by atoms with Crippen LogP contribution in [-0.2, 0) is 24.2 Å². The number of sulfone groups is 1. The van der Waals surface area contributed by atoms with Crippen molar-refractivity contribution >= 4 is 21.6 Å². The molecular formula is C14H14O5S. The average molecular weight is 294 g/mol. The van der Waals surface area contributed by atoms with E-state index in [1.807, 2.05) is 0 Å². The predicted molar refractivity (Wildman–Crippen MR) is 71.8 cm³/mol. The van der Waals surface area contributed by atoms with E-state index < -0.39 is 27.7 Å². The molecule has 0 aliphatic carbocycles. The van der Waals surface area contributed by atoms with Crippen molar-refractivity contribution in [1.29, 1.82) is 0 Å². The maximum absolute atomic E-state index is 12.0.